The van der Waals surface area contributed by atoms with Crippen LogP contribution >= 0.6 is 0 Å². The molecule has 0 heterocycles. The highest BCUT2D eigenvalue weighted by atomic mass is 16.1. The van der Waals surface area contributed by atoms with Gasteiger partial charge in [-0.05, 0) is 43.0 Å². The van der Waals surface area contributed by atoms with Gasteiger partial charge in [-0.3, -0.25) is 4.79 Å². The molecule has 0 aromatic heterocycles. The molecule has 2 rings (SSSR count). The summed E-state index contributed by atoms with van der Waals surface area (Å²) in [6, 6.07) is 16.2. The van der Waals surface area contributed by atoms with Crippen molar-refractivity contribution in [3.05, 3.63) is 70.8 Å². The van der Waals surface area contributed by atoms with Crippen LogP contribution in [-0.2, 0) is 11.2 Å². The minimum atomic E-state index is 0.0329. The fourth-order valence-electron chi connectivity index (χ4n) is 2.19. The van der Waals surface area contributed by atoms with Gasteiger partial charge in [0.1, 0.15) is 0 Å². The van der Waals surface area contributed by atoms with E-state index in [4.69, 9.17) is 0 Å². The van der Waals surface area contributed by atoms with Gasteiger partial charge in [-0.2, -0.15) is 0 Å². The summed E-state index contributed by atoms with van der Waals surface area (Å²) in [6.45, 7) is 6.21. The van der Waals surface area contributed by atoms with Crippen LogP contribution in [0.15, 0.2) is 48.5 Å². The zero-order valence-corrected chi connectivity index (χ0v) is 12.3. The second-order valence-electron chi connectivity index (χ2n) is 5.30. The van der Waals surface area contributed by atoms with Crippen molar-refractivity contribution in [1.82, 2.24) is 5.32 Å². The molecule has 1 amide bonds. The number of rotatable bonds is 4. The van der Waals surface area contributed by atoms with Crippen molar-refractivity contribution in [3.8, 4) is 0 Å². The molecule has 0 saturated carbocycles. The van der Waals surface area contributed by atoms with Crippen LogP contribution in [0.5, 0.6) is 0 Å². The van der Waals surface area contributed by atoms with Gasteiger partial charge in [0, 0.05) is 0 Å². The monoisotopic (exact) mass is 267 g/mol. The van der Waals surface area contributed by atoms with Crippen LogP contribution in [0.4, 0.5) is 0 Å². The van der Waals surface area contributed by atoms with Crippen LogP contribution in [0.25, 0.3) is 0 Å². The second kappa shape index (κ2) is 6.38. The Morgan fingerprint density at radius 3 is 2.40 bits per heavy atom. The van der Waals surface area contributed by atoms with Crippen LogP contribution in [0.3, 0.4) is 0 Å². The van der Waals surface area contributed by atoms with Gasteiger partial charge in [0.25, 0.3) is 0 Å². The van der Waals surface area contributed by atoms with Crippen LogP contribution in [0.2, 0.25) is 0 Å². The highest BCUT2D eigenvalue weighted by molar-refractivity contribution is 5.79. The van der Waals surface area contributed by atoms with Crippen LogP contribution < -0.4 is 5.32 Å². The van der Waals surface area contributed by atoms with Crippen molar-refractivity contribution in [2.75, 3.05) is 0 Å². The van der Waals surface area contributed by atoms with E-state index < -0.39 is 0 Å². The van der Waals surface area contributed by atoms with E-state index in [9.17, 15) is 4.79 Å². The van der Waals surface area contributed by atoms with E-state index in [0.717, 1.165) is 11.1 Å². The predicted octanol–water partition coefficient (Wildman–Crippen LogP) is 3.72. The summed E-state index contributed by atoms with van der Waals surface area (Å²) in [4.78, 5) is 12.0. The maximum absolute atomic E-state index is 12.0. The van der Waals surface area contributed by atoms with E-state index in [2.05, 4.69) is 37.4 Å². The molecule has 20 heavy (non-hydrogen) atoms. The van der Waals surface area contributed by atoms with Crippen molar-refractivity contribution in [2.45, 2.75) is 33.2 Å². The summed E-state index contributed by atoms with van der Waals surface area (Å²) in [5.74, 6) is 0.0573. The van der Waals surface area contributed by atoms with Gasteiger partial charge in [0.05, 0.1) is 12.5 Å². The Morgan fingerprint density at radius 1 is 1.05 bits per heavy atom. The standard InChI is InChI=1S/C18H21NO/c1-13-9-10-17(11-14(13)2)15(3)19-18(20)12-16-7-5-4-6-8-16/h4-11,15H,12H2,1-3H3,(H,19,20). The summed E-state index contributed by atoms with van der Waals surface area (Å²) in [6.07, 6.45) is 0.427. The zero-order valence-electron chi connectivity index (χ0n) is 12.3. The number of nitrogens with one attached hydrogen (secondary N) is 1. The molecule has 1 atom stereocenters. The highest BCUT2D eigenvalue weighted by Gasteiger charge is 2.10. The first-order chi connectivity index (χ1) is 9.56. The summed E-state index contributed by atoms with van der Waals surface area (Å²) in [5, 5.41) is 3.05. The van der Waals surface area contributed by atoms with Crippen molar-refractivity contribution in [1.29, 1.82) is 0 Å². The molecule has 0 aliphatic carbocycles. The SMILES string of the molecule is Cc1ccc(C(C)NC(=O)Cc2ccccc2)cc1C. The molecule has 2 nitrogen and oxygen atoms in total. The average molecular weight is 267 g/mol. The third-order valence-electron chi connectivity index (χ3n) is 3.62. The summed E-state index contributed by atoms with van der Waals surface area (Å²) < 4.78 is 0. The molecule has 2 aromatic carbocycles. The smallest absolute Gasteiger partial charge is 0.224 e. The first-order valence-corrected chi connectivity index (χ1v) is 6.96. The number of carbonyl (C=O) groups is 1. The van der Waals surface area contributed by atoms with E-state index in [0.29, 0.717) is 6.42 Å². The Bertz CT molecular complexity index is 590. The molecule has 0 spiro atoms. The molecule has 1 N–H and O–H groups in total. The molecule has 0 saturated heterocycles. The van der Waals surface area contributed by atoms with E-state index >= 15 is 0 Å². The normalized spacial score (nSPS) is 11.9. The number of aryl methyl sites for hydroxylation is 2. The van der Waals surface area contributed by atoms with Gasteiger partial charge in [0.15, 0.2) is 0 Å². The molecule has 1 unspecified atom stereocenters. The summed E-state index contributed by atoms with van der Waals surface area (Å²) >= 11 is 0. The molecular weight excluding hydrogens is 246 g/mol. The lowest BCUT2D eigenvalue weighted by molar-refractivity contribution is -0.121. The Hall–Kier alpha value is -2.09. The molecule has 104 valence electrons. The van der Waals surface area contributed by atoms with Crippen LogP contribution in [0.1, 0.15) is 35.2 Å². The lowest BCUT2D eigenvalue weighted by Gasteiger charge is -2.15. The lowest BCUT2D eigenvalue weighted by Crippen LogP contribution is -2.28. The lowest BCUT2D eigenvalue weighted by atomic mass is 10.0. The quantitative estimate of drug-likeness (QED) is 0.898. The minimum absolute atomic E-state index is 0.0329. The number of hydrogen-bond donors (Lipinski definition) is 1. The fourth-order valence-corrected chi connectivity index (χ4v) is 2.19. The van der Waals surface area contributed by atoms with Gasteiger partial charge in [-0.25, -0.2) is 0 Å². The van der Waals surface area contributed by atoms with E-state index in [-0.39, 0.29) is 11.9 Å². The third-order valence-corrected chi connectivity index (χ3v) is 3.62. The second-order valence-corrected chi connectivity index (χ2v) is 5.30. The fraction of sp³-hybridized carbons (Fsp3) is 0.278. The topological polar surface area (TPSA) is 29.1 Å². The molecule has 2 aromatic rings. The first-order valence-electron chi connectivity index (χ1n) is 6.96. The van der Waals surface area contributed by atoms with Gasteiger partial charge in [0.2, 0.25) is 5.91 Å². The largest absolute Gasteiger partial charge is 0.349 e. The Kier molecular flexibility index (Phi) is 4.57. The first kappa shape index (κ1) is 14.3. The Labute approximate surface area is 120 Å². The van der Waals surface area contributed by atoms with Gasteiger partial charge in [-0.1, -0.05) is 48.5 Å². The molecule has 0 aliphatic heterocycles. The van der Waals surface area contributed by atoms with Crippen LogP contribution in [-0.4, -0.2) is 5.91 Å². The predicted molar refractivity (Wildman–Crippen MR) is 82.6 cm³/mol. The zero-order chi connectivity index (χ0) is 14.5. The van der Waals surface area contributed by atoms with Crippen LogP contribution in [0, 0.1) is 13.8 Å². The molecule has 0 aliphatic rings. The van der Waals surface area contributed by atoms with Gasteiger partial charge in [-0.15, -0.1) is 0 Å². The Balaban J connectivity index is 1.98. The molecule has 0 bridgehead atoms. The highest BCUT2D eigenvalue weighted by Crippen LogP contribution is 2.16. The van der Waals surface area contributed by atoms with E-state index in [1.807, 2.05) is 37.3 Å². The van der Waals surface area contributed by atoms with E-state index in [1.54, 1.807) is 0 Å². The molecular formula is C18H21NO. The van der Waals surface area contributed by atoms with Crippen molar-refractivity contribution < 1.29 is 4.79 Å². The number of carbonyl (C=O) groups excluding carboxylic acids is 1. The Morgan fingerprint density at radius 2 is 1.75 bits per heavy atom. The molecule has 0 radical (unpaired) electrons. The summed E-state index contributed by atoms with van der Waals surface area (Å²) in [7, 11) is 0. The number of hydrogen-bond acceptors (Lipinski definition) is 1. The molecule has 2 heteroatoms. The maximum atomic E-state index is 12.0. The average Bonchev–Trinajstić information content (AvgIpc) is 2.42. The third kappa shape index (κ3) is 3.70. The number of amides is 1. The van der Waals surface area contributed by atoms with E-state index in [1.165, 1.54) is 11.1 Å². The summed E-state index contributed by atoms with van der Waals surface area (Å²) in [5.41, 5.74) is 4.72. The molecule has 0 fully saturated rings. The van der Waals surface area contributed by atoms with Crippen molar-refractivity contribution in [2.24, 2.45) is 0 Å². The van der Waals surface area contributed by atoms with Crippen molar-refractivity contribution in [3.63, 3.8) is 0 Å². The number of benzene rings is 2. The van der Waals surface area contributed by atoms with Crippen molar-refractivity contribution >= 4 is 5.91 Å². The maximum Gasteiger partial charge on any atom is 0.224 e. The minimum Gasteiger partial charge on any atom is -0.349 e. The van der Waals surface area contributed by atoms with Gasteiger partial charge < -0.3 is 5.32 Å². The van der Waals surface area contributed by atoms with Gasteiger partial charge >= 0.3 is 0 Å².